The third-order valence-electron chi connectivity index (χ3n) is 13.3. The quantitative estimate of drug-likeness (QED) is 0.0559. The Balaban J connectivity index is 1.45. The number of benzene rings is 7. The van der Waals surface area contributed by atoms with Crippen LogP contribution in [-0.2, 0) is 77.0 Å². The molecule has 0 atom stereocenters. The second-order valence-corrected chi connectivity index (χ2v) is 19.8. The summed E-state index contributed by atoms with van der Waals surface area (Å²) >= 11 is 35.2. The van der Waals surface area contributed by atoms with Crippen molar-refractivity contribution < 1.29 is 28.8 Å². The van der Waals surface area contributed by atoms with Gasteiger partial charge in [0.2, 0.25) is 0 Å². The van der Waals surface area contributed by atoms with E-state index >= 15 is 0 Å². The standard InChI is InChI=1S/C60H48Cl6O6/c61-55(67)43-19-1-37(2-20-43)13-31-49-50(32-14-38-3-21-44(22-4-38)56(62)68)52(34-16-40-7-25-46(26-8-40)58(64)70)54(36-18-42-11-29-48(30-12-42)60(66)72)53(35-17-41-9-27-47(28-10-41)59(65)71)51(49)33-15-39-5-23-45(24-6-39)57(63)69/h1-12,19-30H,13-18,31-36H2. The van der Waals surface area contributed by atoms with Gasteiger partial charge in [-0.1, -0.05) is 72.8 Å². The molecule has 0 N–H and O–H groups in total. The lowest BCUT2D eigenvalue weighted by Gasteiger charge is -2.28. The fourth-order valence-electron chi connectivity index (χ4n) is 9.33. The summed E-state index contributed by atoms with van der Waals surface area (Å²) in [6, 6.07) is 44.3. The van der Waals surface area contributed by atoms with Gasteiger partial charge < -0.3 is 0 Å². The summed E-state index contributed by atoms with van der Waals surface area (Å²) in [5.74, 6) is 0. The zero-order valence-electron chi connectivity index (χ0n) is 39.1. The van der Waals surface area contributed by atoms with Crippen molar-refractivity contribution in [3.63, 3.8) is 0 Å². The van der Waals surface area contributed by atoms with E-state index in [9.17, 15) is 28.8 Å². The average Bonchev–Trinajstić information content (AvgIpc) is 3.38. The first-order chi connectivity index (χ1) is 34.6. The molecule has 0 saturated carbocycles. The van der Waals surface area contributed by atoms with Crippen molar-refractivity contribution in [1.82, 2.24) is 0 Å². The molecule has 0 spiro atoms. The molecule has 0 radical (unpaired) electrons. The molecule has 0 fully saturated rings. The smallest absolute Gasteiger partial charge is 0.252 e. The summed E-state index contributed by atoms with van der Waals surface area (Å²) in [6.45, 7) is 0. The molecule has 0 heterocycles. The number of carbonyl (C=O) groups is 6. The van der Waals surface area contributed by atoms with E-state index in [2.05, 4.69) is 0 Å². The van der Waals surface area contributed by atoms with Crippen LogP contribution in [0.5, 0.6) is 0 Å². The third-order valence-corrected chi connectivity index (χ3v) is 14.6. The number of aryl methyl sites for hydroxylation is 6. The van der Waals surface area contributed by atoms with Gasteiger partial charge in [-0.25, -0.2) is 0 Å². The minimum absolute atomic E-state index is 0.412. The number of halogens is 6. The van der Waals surface area contributed by atoms with Crippen molar-refractivity contribution in [3.8, 4) is 0 Å². The van der Waals surface area contributed by atoms with Crippen molar-refractivity contribution in [2.45, 2.75) is 77.0 Å². The number of carbonyl (C=O) groups excluding carboxylic acids is 6. The van der Waals surface area contributed by atoms with Gasteiger partial charge in [-0.15, -0.1) is 0 Å². The van der Waals surface area contributed by atoms with E-state index in [0.29, 0.717) is 110 Å². The Morgan fingerprint density at radius 1 is 0.194 bits per heavy atom. The summed E-state index contributed by atoms with van der Waals surface area (Å²) in [7, 11) is 0. The molecule has 0 aromatic heterocycles. The highest BCUT2D eigenvalue weighted by atomic mass is 35.5. The molecule has 0 amide bonds. The van der Waals surface area contributed by atoms with Crippen molar-refractivity contribution in [2.24, 2.45) is 0 Å². The second-order valence-electron chi connectivity index (χ2n) is 17.7. The number of hydrogen-bond donors (Lipinski definition) is 0. The summed E-state index contributed by atoms with van der Waals surface area (Å²) in [6.07, 6.45) is 7.87. The zero-order valence-corrected chi connectivity index (χ0v) is 43.6. The maximum atomic E-state index is 12.1. The van der Waals surface area contributed by atoms with Crippen LogP contribution in [0.3, 0.4) is 0 Å². The zero-order chi connectivity index (χ0) is 51.3. The van der Waals surface area contributed by atoms with Crippen LogP contribution < -0.4 is 0 Å². The summed E-state index contributed by atoms with van der Waals surface area (Å²) in [5, 5.41) is -3.17. The Labute approximate surface area is 449 Å². The minimum Gasteiger partial charge on any atom is -0.276 e. The molecule has 0 saturated heterocycles. The van der Waals surface area contributed by atoms with Gasteiger partial charge in [0.1, 0.15) is 0 Å². The van der Waals surface area contributed by atoms with Crippen LogP contribution in [-0.4, -0.2) is 31.5 Å². The van der Waals surface area contributed by atoms with E-state index in [-0.39, 0.29) is 0 Å². The summed E-state index contributed by atoms with van der Waals surface area (Å²) in [4.78, 5) is 72.5. The van der Waals surface area contributed by atoms with E-state index in [1.54, 1.807) is 72.8 Å². The van der Waals surface area contributed by atoms with Gasteiger partial charge in [0.15, 0.2) is 0 Å². The second kappa shape index (κ2) is 25.8. The molecular weight excluding hydrogens is 1030 g/mol. The molecule has 0 aliphatic rings. The van der Waals surface area contributed by atoms with E-state index in [4.69, 9.17) is 69.6 Å². The highest BCUT2D eigenvalue weighted by Crippen LogP contribution is 2.36. The van der Waals surface area contributed by atoms with Crippen LogP contribution >= 0.6 is 69.6 Å². The lowest BCUT2D eigenvalue weighted by atomic mass is 9.76. The fraction of sp³-hybridized carbons (Fsp3) is 0.200. The van der Waals surface area contributed by atoms with Crippen LogP contribution in [0.2, 0.25) is 0 Å². The van der Waals surface area contributed by atoms with Crippen molar-refractivity contribution in [1.29, 1.82) is 0 Å². The monoisotopic (exact) mass is 1070 g/mol. The Hall–Kier alpha value is -5.70. The van der Waals surface area contributed by atoms with Crippen LogP contribution in [0.4, 0.5) is 0 Å². The van der Waals surface area contributed by atoms with E-state index < -0.39 is 31.5 Å². The maximum absolute atomic E-state index is 12.1. The van der Waals surface area contributed by atoms with Gasteiger partial charge in [0.05, 0.1) is 0 Å². The molecule has 12 heteroatoms. The molecule has 366 valence electrons. The predicted octanol–water partition coefficient (Wildman–Crippen LogP) is 14.7. The van der Waals surface area contributed by atoms with Crippen molar-refractivity contribution >= 4 is 101 Å². The lowest BCUT2D eigenvalue weighted by Crippen LogP contribution is -2.18. The van der Waals surface area contributed by atoms with Crippen LogP contribution in [0.25, 0.3) is 0 Å². The molecule has 0 aliphatic heterocycles. The van der Waals surface area contributed by atoms with Crippen LogP contribution in [0.15, 0.2) is 146 Å². The SMILES string of the molecule is O=C(Cl)c1ccc(CCc2c(CCc3ccc(C(=O)Cl)cc3)c(CCc3ccc(C(=O)Cl)cc3)c(CCc3ccc(C(=O)Cl)cc3)c(CCc3ccc(C(=O)Cl)cc3)c2CCc2ccc(C(=O)Cl)cc2)cc1. The van der Waals surface area contributed by atoms with Gasteiger partial charge in [0, 0.05) is 33.4 Å². The number of rotatable bonds is 24. The Kier molecular flexibility index (Phi) is 19.4. The van der Waals surface area contributed by atoms with E-state index in [0.717, 1.165) is 33.4 Å². The topological polar surface area (TPSA) is 102 Å². The summed E-state index contributed by atoms with van der Waals surface area (Å²) in [5.41, 5.74) is 16.0. The Bertz CT molecular complexity index is 2530. The molecular formula is C60H48Cl6O6. The first-order valence-electron chi connectivity index (χ1n) is 23.5. The lowest BCUT2D eigenvalue weighted by molar-refractivity contribution is 0.107. The normalized spacial score (nSPS) is 11.1. The minimum atomic E-state index is -0.529. The fourth-order valence-corrected chi connectivity index (χ4v) is 10.1. The van der Waals surface area contributed by atoms with Crippen LogP contribution in [0.1, 0.15) is 129 Å². The van der Waals surface area contributed by atoms with Crippen LogP contribution in [0, 0.1) is 0 Å². The average molecular weight is 1080 g/mol. The van der Waals surface area contributed by atoms with E-state index in [1.807, 2.05) is 72.8 Å². The largest absolute Gasteiger partial charge is 0.276 e. The molecule has 0 unspecified atom stereocenters. The van der Waals surface area contributed by atoms with Gasteiger partial charge in [-0.05, 0) is 286 Å². The van der Waals surface area contributed by atoms with Gasteiger partial charge in [0.25, 0.3) is 31.5 Å². The Morgan fingerprint density at radius 2 is 0.306 bits per heavy atom. The molecule has 0 bridgehead atoms. The molecule has 7 aromatic rings. The predicted molar refractivity (Wildman–Crippen MR) is 291 cm³/mol. The maximum Gasteiger partial charge on any atom is 0.252 e. The highest BCUT2D eigenvalue weighted by Gasteiger charge is 2.25. The first-order valence-corrected chi connectivity index (χ1v) is 25.8. The van der Waals surface area contributed by atoms with Gasteiger partial charge in [-0.3, -0.25) is 28.8 Å². The van der Waals surface area contributed by atoms with Gasteiger partial charge >= 0.3 is 0 Å². The molecule has 7 aromatic carbocycles. The molecule has 7 rings (SSSR count). The van der Waals surface area contributed by atoms with Crippen molar-refractivity contribution in [3.05, 3.63) is 246 Å². The Morgan fingerprint density at radius 3 is 0.403 bits per heavy atom. The summed E-state index contributed by atoms with van der Waals surface area (Å²) < 4.78 is 0. The highest BCUT2D eigenvalue weighted by molar-refractivity contribution is 6.69. The molecule has 0 aliphatic carbocycles. The molecule has 6 nitrogen and oxygen atoms in total. The first kappa shape index (κ1) is 54.1. The van der Waals surface area contributed by atoms with E-state index in [1.165, 1.54) is 33.4 Å². The molecule has 72 heavy (non-hydrogen) atoms. The number of hydrogen-bond acceptors (Lipinski definition) is 6. The van der Waals surface area contributed by atoms with Gasteiger partial charge in [-0.2, -0.15) is 0 Å². The third kappa shape index (κ3) is 14.7. The van der Waals surface area contributed by atoms with Crippen molar-refractivity contribution in [2.75, 3.05) is 0 Å².